The minimum Gasteiger partial charge on any atom is -0.454 e. The van der Waals surface area contributed by atoms with Gasteiger partial charge in [-0.2, -0.15) is 0 Å². The van der Waals surface area contributed by atoms with E-state index >= 15 is 0 Å². The van der Waals surface area contributed by atoms with Gasteiger partial charge in [0.05, 0.1) is 25.2 Å². The number of ether oxygens (including phenoxy) is 2. The van der Waals surface area contributed by atoms with E-state index in [2.05, 4.69) is 4.98 Å². The van der Waals surface area contributed by atoms with E-state index in [1.807, 2.05) is 24.3 Å². The average Bonchev–Trinajstić information content (AvgIpc) is 3.50. The van der Waals surface area contributed by atoms with Gasteiger partial charge in [0.15, 0.2) is 29.0 Å². The van der Waals surface area contributed by atoms with Gasteiger partial charge in [0, 0.05) is 24.8 Å². The predicted octanol–water partition coefficient (Wildman–Crippen LogP) is 1.65. The molecular weight excluding hydrogens is 398 g/mol. The summed E-state index contributed by atoms with van der Waals surface area (Å²) in [7, 11) is 0. The zero-order valence-electron chi connectivity index (χ0n) is 16.9. The standard InChI is InChI=1S/C23H21N3O5/c27-21-12-17(23(28)26(21)15-5-6-19-20(11-15)30-13-29-19)25-9-7-14(8-10-25)22-24-16-3-1-2-4-18(16)31-22/h1-6,11,14,17H,7-10,12-13H2/p+1/t17-/m1/s1. The van der Waals surface area contributed by atoms with Crippen molar-refractivity contribution in [2.45, 2.75) is 31.2 Å². The van der Waals surface area contributed by atoms with Gasteiger partial charge in [0.25, 0.3) is 5.91 Å². The average molecular weight is 420 g/mol. The van der Waals surface area contributed by atoms with Crippen LogP contribution in [-0.4, -0.2) is 42.7 Å². The third-order valence-electron chi connectivity index (χ3n) is 6.54. The van der Waals surface area contributed by atoms with Crippen molar-refractivity contribution in [3.63, 3.8) is 0 Å². The molecule has 4 heterocycles. The van der Waals surface area contributed by atoms with E-state index < -0.39 is 0 Å². The summed E-state index contributed by atoms with van der Waals surface area (Å²) in [5.74, 6) is 1.91. The zero-order valence-corrected chi connectivity index (χ0v) is 16.9. The maximum absolute atomic E-state index is 13.2. The van der Waals surface area contributed by atoms with Crippen LogP contribution < -0.4 is 19.3 Å². The molecule has 0 aliphatic carbocycles. The normalized spacial score (nSPS) is 25.5. The molecule has 8 nitrogen and oxygen atoms in total. The first-order valence-electron chi connectivity index (χ1n) is 10.6. The molecule has 2 fully saturated rings. The van der Waals surface area contributed by atoms with Gasteiger partial charge < -0.3 is 18.8 Å². The number of benzene rings is 2. The summed E-state index contributed by atoms with van der Waals surface area (Å²) in [5.41, 5.74) is 2.23. The van der Waals surface area contributed by atoms with Crippen molar-refractivity contribution in [1.29, 1.82) is 0 Å². The van der Waals surface area contributed by atoms with Gasteiger partial charge >= 0.3 is 0 Å². The van der Waals surface area contributed by atoms with Crippen LogP contribution in [0, 0.1) is 0 Å². The first kappa shape index (κ1) is 18.4. The number of imide groups is 1. The SMILES string of the molecule is O=C1C[C@@H]([NH+]2CCC(c3nc4ccccc4o3)CC2)C(=O)N1c1ccc2c(c1)OCO2. The number of hydrogen-bond acceptors (Lipinski definition) is 6. The maximum Gasteiger partial charge on any atom is 0.292 e. The Morgan fingerprint density at radius 2 is 1.81 bits per heavy atom. The number of fused-ring (bicyclic) bond motifs is 2. The van der Waals surface area contributed by atoms with Gasteiger partial charge in [-0.25, -0.2) is 9.88 Å². The van der Waals surface area contributed by atoms with Gasteiger partial charge in [-0.05, 0) is 24.3 Å². The highest BCUT2D eigenvalue weighted by molar-refractivity contribution is 6.22. The Morgan fingerprint density at radius 3 is 2.65 bits per heavy atom. The van der Waals surface area contributed by atoms with E-state index in [9.17, 15) is 9.59 Å². The molecule has 1 atom stereocenters. The van der Waals surface area contributed by atoms with Crippen molar-refractivity contribution in [2.24, 2.45) is 0 Å². The second kappa shape index (κ2) is 7.09. The lowest BCUT2D eigenvalue weighted by atomic mass is 9.95. The molecule has 0 saturated carbocycles. The third-order valence-corrected chi connectivity index (χ3v) is 6.54. The topological polar surface area (TPSA) is 86.3 Å². The van der Waals surface area contributed by atoms with Gasteiger partial charge in [-0.15, -0.1) is 0 Å². The van der Waals surface area contributed by atoms with Crippen molar-refractivity contribution in [3.05, 3.63) is 48.4 Å². The quantitative estimate of drug-likeness (QED) is 0.649. The van der Waals surface area contributed by atoms with Crippen molar-refractivity contribution < 1.29 is 28.4 Å². The second-order valence-electron chi connectivity index (χ2n) is 8.31. The summed E-state index contributed by atoms with van der Waals surface area (Å²) in [6, 6.07) is 12.6. The van der Waals surface area contributed by atoms with Crippen molar-refractivity contribution in [3.8, 4) is 11.5 Å². The lowest BCUT2D eigenvalue weighted by Gasteiger charge is -2.30. The fourth-order valence-electron chi connectivity index (χ4n) is 4.90. The molecule has 158 valence electrons. The van der Waals surface area contributed by atoms with Crippen LogP contribution in [0.2, 0.25) is 0 Å². The Balaban J connectivity index is 1.16. The summed E-state index contributed by atoms with van der Waals surface area (Å²) in [6.45, 7) is 1.77. The van der Waals surface area contributed by atoms with E-state index in [-0.39, 0.29) is 37.0 Å². The first-order chi connectivity index (χ1) is 15.2. The Labute approximate surface area is 178 Å². The van der Waals surface area contributed by atoms with Gasteiger partial charge in [0.2, 0.25) is 12.7 Å². The lowest BCUT2D eigenvalue weighted by Crippen LogP contribution is -3.17. The number of likely N-dealkylation sites (tertiary alicyclic amines) is 1. The fourth-order valence-corrected chi connectivity index (χ4v) is 4.90. The van der Waals surface area contributed by atoms with Gasteiger partial charge in [-0.1, -0.05) is 12.1 Å². The molecule has 0 radical (unpaired) electrons. The molecule has 1 N–H and O–H groups in total. The van der Waals surface area contributed by atoms with Crippen LogP contribution in [0.15, 0.2) is 46.9 Å². The number of piperidine rings is 1. The molecule has 31 heavy (non-hydrogen) atoms. The molecular formula is C23H22N3O5+. The number of para-hydroxylation sites is 2. The summed E-state index contributed by atoms with van der Waals surface area (Å²) >= 11 is 0. The molecule has 0 bridgehead atoms. The number of carbonyl (C=O) groups excluding carboxylic acids is 2. The number of carbonyl (C=O) groups is 2. The number of nitrogens with one attached hydrogen (secondary N) is 1. The number of amides is 2. The molecule has 3 aliphatic rings. The van der Waals surface area contributed by atoms with Crippen LogP contribution in [-0.2, 0) is 9.59 Å². The molecule has 0 spiro atoms. The summed E-state index contributed by atoms with van der Waals surface area (Å²) in [4.78, 5) is 33.0. The van der Waals surface area contributed by atoms with E-state index in [0.717, 1.165) is 47.8 Å². The molecule has 6 rings (SSSR count). The molecule has 3 aliphatic heterocycles. The van der Waals surface area contributed by atoms with Crippen LogP contribution >= 0.6 is 0 Å². The molecule has 8 heteroatoms. The second-order valence-corrected chi connectivity index (χ2v) is 8.31. The Morgan fingerprint density at radius 1 is 1.00 bits per heavy atom. The monoisotopic (exact) mass is 420 g/mol. The molecule has 0 unspecified atom stereocenters. The van der Waals surface area contributed by atoms with Gasteiger partial charge in [0.1, 0.15) is 5.52 Å². The number of quaternary nitrogens is 1. The fraction of sp³-hybridized carbons (Fsp3) is 0.348. The van der Waals surface area contributed by atoms with Crippen LogP contribution in [0.1, 0.15) is 31.1 Å². The lowest BCUT2D eigenvalue weighted by molar-refractivity contribution is -0.920. The van der Waals surface area contributed by atoms with Crippen LogP contribution in [0.25, 0.3) is 11.1 Å². The number of aromatic nitrogens is 1. The van der Waals surface area contributed by atoms with Crippen LogP contribution in [0.5, 0.6) is 11.5 Å². The largest absolute Gasteiger partial charge is 0.454 e. The van der Waals surface area contributed by atoms with Crippen molar-refractivity contribution in [1.82, 2.24) is 4.98 Å². The summed E-state index contributed by atoms with van der Waals surface area (Å²) in [6.07, 6.45) is 1.99. The number of hydrogen-bond donors (Lipinski definition) is 1. The van der Waals surface area contributed by atoms with Gasteiger partial charge in [-0.3, -0.25) is 9.59 Å². The number of nitrogens with zero attached hydrogens (tertiary/aromatic N) is 2. The number of rotatable bonds is 3. The number of anilines is 1. The van der Waals surface area contributed by atoms with E-state index in [0.29, 0.717) is 17.2 Å². The third kappa shape index (κ3) is 3.06. The van der Waals surface area contributed by atoms with Crippen molar-refractivity contribution in [2.75, 3.05) is 24.8 Å². The van der Waals surface area contributed by atoms with Crippen LogP contribution in [0.4, 0.5) is 5.69 Å². The highest BCUT2D eigenvalue weighted by atomic mass is 16.7. The Kier molecular flexibility index (Phi) is 4.21. The zero-order chi connectivity index (χ0) is 20.9. The molecule has 1 aromatic heterocycles. The first-order valence-corrected chi connectivity index (χ1v) is 10.6. The van der Waals surface area contributed by atoms with E-state index in [1.54, 1.807) is 18.2 Å². The molecule has 3 aromatic rings. The Hall–Kier alpha value is -3.39. The smallest absolute Gasteiger partial charge is 0.292 e. The molecule has 2 saturated heterocycles. The Bertz CT molecular complexity index is 1150. The summed E-state index contributed by atoms with van der Waals surface area (Å²) in [5, 5.41) is 0. The van der Waals surface area contributed by atoms with E-state index in [4.69, 9.17) is 13.9 Å². The van der Waals surface area contributed by atoms with Crippen molar-refractivity contribution >= 4 is 28.6 Å². The van der Waals surface area contributed by atoms with Crippen LogP contribution in [0.3, 0.4) is 0 Å². The van der Waals surface area contributed by atoms with E-state index in [1.165, 1.54) is 4.90 Å². The summed E-state index contributed by atoms with van der Waals surface area (Å²) < 4.78 is 16.7. The minimum absolute atomic E-state index is 0.140. The minimum atomic E-state index is -0.345. The molecule has 2 amide bonds. The molecule has 2 aromatic carbocycles. The predicted molar refractivity (Wildman–Crippen MR) is 110 cm³/mol. The highest BCUT2D eigenvalue weighted by Gasteiger charge is 2.47. The maximum atomic E-state index is 13.2. The number of oxazole rings is 1. The highest BCUT2D eigenvalue weighted by Crippen LogP contribution is 2.36.